The lowest BCUT2D eigenvalue weighted by Gasteiger charge is -2.00. The van der Waals surface area contributed by atoms with Crippen molar-refractivity contribution in [3.63, 3.8) is 0 Å². The van der Waals surface area contributed by atoms with E-state index >= 15 is 0 Å². The summed E-state index contributed by atoms with van der Waals surface area (Å²) in [5, 5.41) is 1.80. The molecule has 26 heavy (non-hydrogen) atoms. The molecule has 3 aromatic heterocycles. The van der Waals surface area contributed by atoms with E-state index in [4.69, 9.17) is 7.16 Å². The van der Waals surface area contributed by atoms with Crippen LogP contribution in [0, 0.1) is 0 Å². The number of hydrogen-bond donors (Lipinski definition) is 0. The lowest BCUT2D eigenvalue weighted by Crippen LogP contribution is -1.91. The van der Waals surface area contributed by atoms with Crippen LogP contribution in [0.25, 0.3) is 33.3 Å². The second-order valence-electron chi connectivity index (χ2n) is 6.04. The number of hydrogen-bond acceptors (Lipinski definition) is 3. The highest BCUT2D eigenvalue weighted by atomic mass is 16.3. The molecule has 0 N–H and O–H groups in total. The summed E-state index contributed by atoms with van der Waals surface area (Å²) in [5.41, 5.74) is 3.74. The zero-order valence-corrected chi connectivity index (χ0v) is 13.9. The van der Waals surface area contributed by atoms with E-state index in [1.54, 1.807) is 24.4 Å². The van der Waals surface area contributed by atoms with Gasteiger partial charge in [0.25, 0.3) is 0 Å². The highest BCUT2D eigenvalue weighted by Crippen LogP contribution is 2.34. The van der Waals surface area contributed by atoms with Gasteiger partial charge in [-0.3, -0.25) is 4.98 Å². The third kappa shape index (κ3) is 2.54. The average Bonchev–Trinajstić information content (AvgIpc) is 3.13. The molecular weight excluding hydrogens is 320 g/mol. The minimum atomic E-state index is -1.71. The van der Waals surface area contributed by atoms with Gasteiger partial charge in [-0.1, -0.05) is 48.5 Å². The predicted molar refractivity (Wildman–Crippen MR) is 104 cm³/mol. The second-order valence-corrected chi connectivity index (χ2v) is 6.04. The van der Waals surface area contributed by atoms with E-state index in [2.05, 4.69) is 9.97 Å². The number of benzene rings is 2. The molecule has 2 aromatic carbocycles. The monoisotopic (exact) mass is 338 g/mol. The maximum absolute atomic E-state index is 8.55. The molecule has 0 aliphatic rings. The van der Waals surface area contributed by atoms with Gasteiger partial charge in [0.05, 0.1) is 5.69 Å². The maximum Gasteiger partial charge on any atom is 0.227 e. The first kappa shape index (κ1) is 12.8. The molecular formula is C23H16N2O. The van der Waals surface area contributed by atoms with Gasteiger partial charge < -0.3 is 4.42 Å². The van der Waals surface area contributed by atoms with E-state index in [0.717, 1.165) is 22.0 Å². The van der Waals surface area contributed by atoms with Crippen molar-refractivity contribution < 1.29 is 7.16 Å². The minimum Gasteiger partial charge on any atom is -0.437 e. The van der Waals surface area contributed by atoms with Crippen LogP contribution in [0.4, 0.5) is 0 Å². The van der Waals surface area contributed by atoms with Crippen molar-refractivity contribution in [3.8, 4) is 11.3 Å². The molecule has 0 unspecified atom stereocenters. The zero-order valence-electron chi connectivity index (χ0n) is 15.9. The normalized spacial score (nSPS) is 12.9. The van der Waals surface area contributed by atoms with Crippen LogP contribution in [0.5, 0.6) is 0 Å². The van der Waals surface area contributed by atoms with Crippen molar-refractivity contribution in [1.82, 2.24) is 9.97 Å². The average molecular weight is 338 g/mol. The predicted octanol–water partition coefficient (Wildman–Crippen LogP) is 5.63. The Balaban J connectivity index is 1.70. The number of para-hydroxylation sites is 1. The third-order valence-electron chi connectivity index (χ3n) is 4.35. The molecule has 5 aromatic rings. The van der Waals surface area contributed by atoms with Gasteiger partial charge in [-0.15, -0.1) is 0 Å². The van der Waals surface area contributed by atoms with E-state index in [-0.39, 0.29) is 0 Å². The van der Waals surface area contributed by atoms with Crippen LogP contribution < -0.4 is 0 Å². The lowest BCUT2D eigenvalue weighted by atomic mass is 10.1. The number of pyridine rings is 2. The van der Waals surface area contributed by atoms with Gasteiger partial charge in [-0.25, -0.2) is 4.98 Å². The molecule has 0 bridgehead atoms. The van der Waals surface area contributed by atoms with Crippen LogP contribution in [0.3, 0.4) is 0 Å². The van der Waals surface area contributed by atoms with Crippen molar-refractivity contribution in [3.05, 3.63) is 96.3 Å². The van der Waals surface area contributed by atoms with E-state index in [1.807, 2.05) is 60.7 Å². The third-order valence-corrected chi connectivity index (χ3v) is 4.35. The highest BCUT2D eigenvalue weighted by molar-refractivity contribution is 6.08. The van der Waals surface area contributed by atoms with E-state index in [1.165, 1.54) is 0 Å². The van der Waals surface area contributed by atoms with Gasteiger partial charge in [-0.05, 0) is 35.9 Å². The zero-order chi connectivity index (χ0) is 19.1. The van der Waals surface area contributed by atoms with Crippen molar-refractivity contribution >= 4 is 22.1 Å². The Morgan fingerprint density at radius 3 is 2.54 bits per heavy atom. The molecule has 0 atom stereocenters. The number of rotatable bonds is 3. The molecule has 0 amide bonds. The molecule has 0 radical (unpaired) electrons. The van der Waals surface area contributed by atoms with Gasteiger partial charge in [-0.2, -0.15) is 0 Å². The minimum absolute atomic E-state index is 0.324. The fourth-order valence-corrected chi connectivity index (χ4v) is 3.14. The molecule has 0 spiro atoms. The molecule has 0 fully saturated rings. The lowest BCUT2D eigenvalue weighted by molar-refractivity contribution is 0.652. The van der Waals surface area contributed by atoms with Crippen LogP contribution in [0.2, 0.25) is 0 Å². The number of aromatic nitrogens is 2. The SMILES string of the molecule is [2H]C([2H])(c1ccccc1)c1ccc2c(n1)oc1c(-c3ccccn3)cccc12. The fourth-order valence-electron chi connectivity index (χ4n) is 3.14. The summed E-state index contributed by atoms with van der Waals surface area (Å²) in [6, 6.07) is 24.4. The van der Waals surface area contributed by atoms with Crippen LogP contribution in [-0.4, -0.2) is 9.97 Å². The molecule has 0 aliphatic heterocycles. The van der Waals surface area contributed by atoms with Gasteiger partial charge in [0.2, 0.25) is 5.71 Å². The quantitative estimate of drug-likeness (QED) is 0.428. The first-order valence-corrected chi connectivity index (χ1v) is 8.44. The maximum atomic E-state index is 8.55. The van der Waals surface area contributed by atoms with Crippen molar-refractivity contribution in [1.29, 1.82) is 0 Å². The molecule has 3 heteroatoms. The Morgan fingerprint density at radius 1 is 0.808 bits per heavy atom. The van der Waals surface area contributed by atoms with E-state index in [0.29, 0.717) is 22.6 Å². The Hall–Kier alpha value is -3.46. The summed E-state index contributed by atoms with van der Waals surface area (Å²) in [7, 11) is 0. The Bertz CT molecular complexity index is 1280. The van der Waals surface area contributed by atoms with Crippen molar-refractivity contribution in [2.24, 2.45) is 0 Å². The first-order valence-electron chi connectivity index (χ1n) is 9.44. The molecule has 124 valence electrons. The second kappa shape index (κ2) is 6.12. The Kier molecular flexibility index (Phi) is 3.02. The summed E-state index contributed by atoms with van der Waals surface area (Å²) in [6.45, 7) is 0. The molecule has 0 saturated heterocycles. The van der Waals surface area contributed by atoms with Gasteiger partial charge in [0.15, 0.2) is 0 Å². The summed E-state index contributed by atoms with van der Waals surface area (Å²) < 4.78 is 23.2. The van der Waals surface area contributed by atoms with Crippen LogP contribution >= 0.6 is 0 Å². The van der Waals surface area contributed by atoms with Crippen LogP contribution in [0.15, 0.2) is 89.5 Å². The summed E-state index contributed by atoms with van der Waals surface area (Å²) in [6.07, 6.45) is 0.0415. The smallest absolute Gasteiger partial charge is 0.227 e. The molecule has 0 aliphatic carbocycles. The van der Waals surface area contributed by atoms with Crippen molar-refractivity contribution in [2.75, 3.05) is 0 Å². The van der Waals surface area contributed by atoms with Gasteiger partial charge in [0.1, 0.15) is 5.58 Å². The Labute approximate surface area is 153 Å². The number of nitrogens with zero attached hydrogens (tertiary/aromatic N) is 2. The standard InChI is InChI=1S/C23H16N2O/c1-2-7-16(8-3-1)15-17-12-13-19-18-9-6-10-20(21-11-4-5-14-24-21)22(18)26-23(19)25-17/h1-14H,15H2/i15D2. The molecule has 5 rings (SSSR count). The molecule has 3 nitrogen and oxygen atoms in total. The first-order chi connectivity index (χ1) is 13.6. The van der Waals surface area contributed by atoms with E-state index < -0.39 is 6.37 Å². The van der Waals surface area contributed by atoms with Crippen molar-refractivity contribution in [2.45, 2.75) is 6.37 Å². The molecule has 0 saturated carbocycles. The molecule has 3 heterocycles. The van der Waals surface area contributed by atoms with Crippen LogP contribution in [0.1, 0.15) is 14.0 Å². The highest BCUT2D eigenvalue weighted by Gasteiger charge is 2.14. The number of furan rings is 1. The van der Waals surface area contributed by atoms with Gasteiger partial charge >= 0.3 is 0 Å². The Morgan fingerprint density at radius 2 is 1.69 bits per heavy atom. The van der Waals surface area contributed by atoms with Gasteiger partial charge in [0, 0.05) is 37.3 Å². The largest absolute Gasteiger partial charge is 0.437 e. The van der Waals surface area contributed by atoms with E-state index in [9.17, 15) is 0 Å². The number of fused-ring (bicyclic) bond motifs is 3. The summed E-state index contributed by atoms with van der Waals surface area (Å²) in [5.74, 6) is 0. The van der Waals surface area contributed by atoms with Crippen LogP contribution in [-0.2, 0) is 6.37 Å². The summed E-state index contributed by atoms with van der Waals surface area (Å²) >= 11 is 0. The topological polar surface area (TPSA) is 38.9 Å². The summed E-state index contributed by atoms with van der Waals surface area (Å²) in [4.78, 5) is 8.96. The fraction of sp³-hybridized carbons (Fsp3) is 0.0435.